The van der Waals surface area contributed by atoms with E-state index in [2.05, 4.69) is 20.1 Å². The van der Waals surface area contributed by atoms with Crippen LogP contribution in [-0.2, 0) is 0 Å². The lowest BCUT2D eigenvalue weighted by molar-refractivity contribution is 0.186. The van der Waals surface area contributed by atoms with E-state index >= 15 is 0 Å². The van der Waals surface area contributed by atoms with Gasteiger partial charge in [-0.3, -0.25) is 0 Å². The molecule has 0 atom stereocenters. The first-order valence-corrected chi connectivity index (χ1v) is 8.16. The van der Waals surface area contributed by atoms with E-state index in [1.54, 1.807) is 0 Å². The van der Waals surface area contributed by atoms with E-state index in [0.717, 1.165) is 6.42 Å². The number of aliphatic hydroxyl groups is 3. The molecule has 0 rings (SSSR count). The van der Waals surface area contributed by atoms with Gasteiger partial charge in [0.05, 0.1) is 13.2 Å². The summed E-state index contributed by atoms with van der Waals surface area (Å²) in [7, 11) is 0. The van der Waals surface area contributed by atoms with Crippen molar-refractivity contribution in [1.82, 2.24) is 0 Å². The largest absolute Gasteiger partial charge is 0.396 e. The molecule has 0 saturated carbocycles. The summed E-state index contributed by atoms with van der Waals surface area (Å²) in [6.07, 6.45) is 14.8. The molecule has 0 aliphatic rings. The first-order chi connectivity index (χ1) is 9.83. The topological polar surface area (TPSA) is 60.7 Å². The molecule has 3 nitrogen and oxygen atoms in total. The zero-order valence-electron chi connectivity index (χ0n) is 13.7. The predicted molar refractivity (Wildman–Crippen MR) is 89.0 cm³/mol. The Morgan fingerprint density at radius 3 is 1.05 bits per heavy atom. The minimum Gasteiger partial charge on any atom is -0.396 e. The summed E-state index contributed by atoms with van der Waals surface area (Å²) >= 11 is 0. The Labute approximate surface area is 126 Å². The normalized spacial score (nSPS) is 9.20. The smallest absolute Gasteiger partial charge is 0.0662 e. The van der Waals surface area contributed by atoms with E-state index < -0.39 is 0 Å². The number of hydrogen-bond donors (Lipinski definition) is 3. The highest BCUT2D eigenvalue weighted by molar-refractivity contribution is 4.47. The molecule has 124 valence electrons. The van der Waals surface area contributed by atoms with Crippen molar-refractivity contribution in [3.05, 3.63) is 13.2 Å². The molecule has 0 saturated heterocycles. The Morgan fingerprint density at radius 1 is 0.500 bits per heavy atom. The van der Waals surface area contributed by atoms with Crippen molar-refractivity contribution in [3.63, 3.8) is 0 Å². The SMILES string of the molecule is C=C.CCCCCCCCCCCCCO.OCCO. The van der Waals surface area contributed by atoms with Gasteiger partial charge in [-0.2, -0.15) is 0 Å². The number of unbranched alkanes of at least 4 members (excludes halogenated alkanes) is 10. The molecular weight excluding hydrogens is 252 g/mol. The van der Waals surface area contributed by atoms with Crippen LogP contribution in [0, 0.1) is 0 Å². The van der Waals surface area contributed by atoms with E-state index in [1.165, 1.54) is 64.2 Å². The molecule has 0 aliphatic carbocycles. The Balaban J connectivity index is -0.000000410. The highest BCUT2D eigenvalue weighted by Crippen LogP contribution is 2.10. The van der Waals surface area contributed by atoms with Gasteiger partial charge in [0.1, 0.15) is 0 Å². The first kappa shape index (κ1) is 24.6. The fourth-order valence-electron chi connectivity index (χ4n) is 1.78. The summed E-state index contributed by atoms with van der Waals surface area (Å²) in [5, 5.41) is 23.8. The van der Waals surface area contributed by atoms with Crippen molar-refractivity contribution < 1.29 is 15.3 Å². The van der Waals surface area contributed by atoms with Crippen LogP contribution in [0.5, 0.6) is 0 Å². The van der Waals surface area contributed by atoms with Crippen LogP contribution in [0.1, 0.15) is 77.6 Å². The van der Waals surface area contributed by atoms with Gasteiger partial charge < -0.3 is 15.3 Å². The minimum absolute atomic E-state index is 0.125. The highest BCUT2D eigenvalue weighted by Gasteiger charge is 1.91. The van der Waals surface area contributed by atoms with Crippen LogP contribution in [0.4, 0.5) is 0 Å². The van der Waals surface area contributed by atoms with E-state index in [1.807, 2.05) is 0 Å². The molecular formula is C17H38O3. The molecule has 0 aromatic heterocycles. The number of hydrogen-bond acceptors (Lipinski definition) is 3. The molecule has 20 heavy (non-hydrogen) atoms. The average molecular weight is 290 g/mol. The Kier molecular flexibility index (Phi) is 38.4. The maximum atomic E-state index is 8.59. The van der Waals surface area contributed by atoms with Crippen LogP contribution in [0.3, 0.4) is 0 Å². The second-order valence-corrected chi connectivity index (χ2v) is 4.71. The third-order valence-electron chi connectivity index (χ3n) is 2.86. The second-order valence-electron chi connectivity index (χ2n) is 4.71. The van der Waals surface area contributed by atoms with Gasteiger partial charge in [-0.15, -0.1) is 13.2 Å². The summed E-state index contributed by atoms with van der Waals surface area (Å²) < 4.78 is 0. The standard InChI is InChI=1S/C13H28O.C2H6O2.C2H4/c1-2-3-4-5-6-7-8-9-10-11-12-13-14;3-1-2-4;1-2/h14H,2-13H2,1H3;3-4H,1-2H2;1-2H2. The lowest BCUT2D eigenvalue weighted by Gasteiger charge is -2.01. The molecule has 0 aliphatic heterocycles. The average Bonchev–Trinajstić information content (AvgIpc) is 2.51. The molecule has 0 spiro atoms. The fourth-order valence-corrected chi connectivity index (χ4v) is 1.78. The lowest BCUT2D eigenvalue weighted by atomic mass is 10.1. The van der Waals surface area contributed by atoms with Crippen LogP contribution >= 0.6 is 0 Å². The van der Waals surface area contributed by atoms with Gasteiger partial charge in [0, 0.05) is 6.61 Å². The van der Waals surface area contributed by atoms with Gasteiger partial charge in [0.15, 0.2) is 0 Å². The van der Waals surface area contributed by atoms with E-state index in [9.17, 15) is 0 Å². The van der Waals surface area contributed by atoms with E-state index in [-0.39, 0.29) is 13.2 Å². The molecule has 0 unspecified atom stereocenters. The summed E-state index contributed by atoms with van der Waals surface area (Å²) in [5.74, 6) is 0. The predicted octanol–water partition coefficient (Wildman–Crippen LogP) is 4.06. The van der Waals surface area contributed by atoms with Gasteiger partial charge in [-0.25, -0.2) is 0 Å². The van der Waals surface area contributed by atoms with Crippen molar-refractivity contribution in [2.24, 2.45) is 0 Å². The monoisotopic (exact) mass is 290 g/mol. The third kappa shape index (κ3) is 36.0. The zero-order chi connectivity index (χ0) is 15.9. The molecule has 3 heteroatoms. The van der Waals surface area contributed by atoms with Crippen molar-refractivity contribution in [1.29, 1.82) is 0 Å². The fraction of sp³-hybridized carbons (Fsp3) is 0.882. The molecule has 3 N–H and O–H groups in total. The zero-order valence-corrected chi connectivity index (χ0v) is 13.7. The van der Waals surface area contributed by atoms with Crippen molar-refractivity contribution in [3.8, 4) is 0 Å². The Hall–Kier alpha value is -0.380. The van der Waals surface area contributed by atoms with Crippen molar-refractivity contribution in [2.45, 2.75) is 77.6 Å². The molecule has 0 heterocycles. The van der Waals surface area contributed by atoms with Crippen LogP contribution in [0.25, 0.3) is 0 Å². The van der Waals surface area contributed by atoms with Crippen LogP contribution in [0.15, 0.2) is 13.2 Å². The summed E-state index contributed by atoms with van der Waals surface area (Å²) in [6, 6.07) is 0. The van der Waals surface area contributed by atoms with Crippen LogP contribution in [-0.4, -0.2) is 35.1 Å². The summed E-state index contributed by atoms with van der Waals surface area (Å²) in [6.45, 7) is 8.39. The molecule has 0 fully saturated rings. The van der Waals surface area contributed by atoms with Gasteiger partial charge in [-0.05, 0) is 6.42 Å². The maximum Gasteiger partial charge on any atom is 0.0662 e. The lowest BCUT2D eigenvalue weighted by Crippen LogP contribution is -1.85. The minimum atomic E-state index is -0.125. The Morgan fingerprint density at radius 2 is 0.800 bits per heavy atom. The third-order valence-corrected chi connectivity index (χ3v) is 2.86. The quantitative estimate of drug-likeness (QED) is 0.375. The molecule has 0 radical (unpaired) electrons. The van der Waals surface area contributed by atoms with E-state index in [4.69, 9.17) is 15.3 Å². The van der Waals surface area contributed by atoms with Crippen molar-refractivity contribution in [2.75, 3.05) is 19.8 Å². The van der Waals surface area contributed by atoms with Crippen LogP contribution < -0.4 is 0 Å². The van der Waals surface area contributed by atoms with Gasteiger partial charge >= 0.3 is 0 Å². The number of aliphatic hydroxyl groups excluding tert-OH is 3. The molecule has 0 bridgehead atoms. The molecule has 0 aromatic rings. The van der Waals surface area contributed by atoms with Gasteiger partial charge in [0.2, 0.25) is 0 Å². The first-order valence-electron chi connectivity index (χ1n) is 8.16. The van der Waals surface area contributed by atoms with Crippen molar-refractivity contribution >= 4 is 0 Å². The van der Waals surface area contributed by atoms with Gasteiger partial charge in [-0.1, -0.05) is 71.1 Å². The Bertz CT molecular complexity index is 115. The maximum absolute atomic E-state index is 8.59. The van der Waals surface area contributed by atoms with E-state index in [0.29, 0.717) is 6.61 Å². The summed E-state index contributed by atoms with van der Waals surface area (Å²) in [4.78, 5) is 0. The molecule has 0 amide bonds. The van der Waals surface area contributed by atoms with Gasteiger partial charge in [0.25, 0.3) is 0 Å². The van der Waals surface area contributed by atoms with Crippen LogP contribution in [0.2, 0.25) is 0 Å². The highest BCUT2D eigenvalue weighted by atomic mass is 16.3. The second kappa shape index (κ2) is 31.2. The molecule has 0 aromatic carbocycles. The number of rotatable bonds is 12. The summed E-state index contributed by atoms with van der Waals surface area (Å²) in [5.41, 5.74) is 0.